The number of aryl methyl sites for hydroxylation is 1. The summed E-state index contributed by atoms with van der Waals surface area (Å²) in [6, 6.07) is 28.0. The van der Waals surface area contributed by atoms with Gasteiger partial charge in [0.15, 0.2) is 0 Å². The van der Waals surface area contributed by atoms with Gasteiger partial charge in [0.2, 0.25) is 0 Å². The number of piperidine rings is 1. The van der Waals surface area contributed by atoms with Gasteiger partial charge in [0.25, 0.3) is 0 Å². The van der Waals surface area contributed by atoms with Gasteiger partial charge in [0.05, 0.1) is 5.92 Å². The van der Waals surface area contributed by atoms with E-state index in [0.29, 0.717) is 11.7 Å². The summed E-state index contributed by atoms with van der Waals surface area (Å²) in [7, 11) is 0. The smallest absolute Gasteiger partial charge is 0.141 e. The molecule has 0 amide bonds. The lowest BCUT2D eigenvalue weighted by Gasteiger charge is -2.33. The molecule has 3 heteroatoms. The van der Waals surface area contributed by atoms with Gasteiger partial charge in [-0.2, -0.15) is 0 Å². The molecule has 0 spiro atoms. The number of carbonyl (C=O) groups is 1. The maximum Gasteiger partial charge on any atom is 0.141 e. The van der Waals surface area contributed by atoms with E-state index in [1.165, 1.54) is 27.8 Å². The average molecular weight is 467 g/mol. The maximum atomic E-state index is 13.8. The van der Waals surface area contributed by atoms with Crippen LogP contribution in [0.2, 0.25) is 0 Å². The van der Waals surface area contributed by atoms with Gasteiger partial charge in [-0.25, -0.2) is 0 Å². The van der Waals surface area contributed by atoms with E-state index in [9.17, 15) is 4.79 Å². The molecule has 1 fully saturated rings. The molecule has 5 rings (SSSR count). The Bertz CT molecular complexity index is 1120. The molecule has 3 nitrogen and oxygen atoms in total. The van der Waals surface area contributed by atoms with E-state index in [4.69, 9.17) is 0 Å². The van der Waals surface area contributed by atoms with Crippen LogP contribution >= 0.6 is 0 Å². The highest BCUT2D eigenvalue weighted by molar-refractivity contribution is 5.86. The molecule has 2 heterocycles. The fraction of sp³-hybridized carbons (Fsp3) is 0.406. The molecule has 3 aromatic carbocycles. The van der Waals surface area contributed by atoms with Crippen molar-refractivity contribution in [1.29, 1.82) is 0 Å². The molecule has 35 heavy (non-hydrogen) atoms. The number of ketones is 1. The summed E-state index contributed by atoms with van der Waals surface area (Å²) < 4.78 is 0. The van der Waals surface area contributed by atoms with E-state index in [1.54, 1.807) is 0 Å². The predicted molar refractivity (Wildman–Crippen MR) is 143 cm³/mol. The third-order valence-corrected chi connectivity index (χ3v) is 8.06. The predicted octanol–water partition coefficient (Wildman–Crippen LogP) is 6.01. The first kappa shape index (κ1) is 24.0. The number of carbonyl (C=O) groups excluding carboxylic acids is 1. The summed E-state index contributed by atoms with van der Waals surface area (Å²) in [6.07, 6.45) is 3.99. The van der Waals surface area contributed by atoms with E-state index >= 15 is 0 Å². The van der Waals surface area contributed by atoms with Crippen LogP contribution in [0.25, 0.3) is 0 Å². The number of fused-ring (bicyclic) bond motifs is 1. The average Bonchev–Trinajstić information content (AvgIpc) is 3.07. The zero-order valence-corrected chi connectivity index (χ0v) is 21.0. The van der Waals surface area contributed by atoms with Crippen LogP contribution in [0, 0.1) is 12.8 Å². The fourth-order valence-corrected chi connectivity index (χ4v) is 5.89. The van der Waals surface area contributed by atoms with E-state index in [0.717, 1.165) is 65.0 Å². The SMILES string of the molecule is Cc1ccccc1CN1CCC(CC(=O)C2CN(Cc3ccccc3)CCc3ccccc32)CC1. The molecule has 3 aromatic rings. The number of likely N-dealkylation sites (tertiary alicyclic amines) is 1. The number of benzene rings is 3. The van der Waals surface area contributed by atoms with Crippen molar-refractivity contribution in [1.82, 2.24) is 9.80 Å². The lowest BCUT2D eigenvalue weighted by Crippen LogP contribution is -2.35. The van der Waals surface area contributed by atoms with Gasteiger partial charge < -0.3 is 0 Å². The molecule has 182 valence electrons. The third kappa shape index (κ3) is 6.09. The molecule has 0 saturated carbocycles. The normalized spacial score (nSPS) is 19.7. The second-order valence-electron chi connectivity index (χ2n) is 10.5. The molecule has 0 radical (unpaired) electrons. The molecule has 2 aliphatic rings. The molecule has 0 aromatic heterocycles. The number of hydrogen-bond donors (Lipinski definition) is 0. The number of hydrogen-bond acceptors (Lipinski definition) is 3. The summed E-state index contributed by atoms with van der Waals surface area (Å²) in [5.41, 5.74) is 6.75. The molecule has 1 saturated heterocycles. The first-order valence-electron chi connectivity index (χ1n) is 13.3. The van der Waals surface area contributed by atoms with E-state index < -0.39 is 0 Å². The van der Waals surface area contributed by atoms with E-state index in [2.05, 4.69) is 95.6 Å². The summed E-state index contributed by atoms with van der Waals surface area (Å²) in [6.45, 7) is 8.16. The first-order valence-corrected chi connectivity index (χ1v) is 13.3. The molecule has 0 N–H and O–H groups in total. The van der Waals surface area contributed by atoms with Gasteiger partial charge in [-0.05, 0) is 73.0 Å². The molecular formula is C32H38N2O. The third-order valence-electron chi connectivity index (χ3n) is 8.06. The Balaban J connectivity index is 1.22. The minimum atomic E-state index is -0.0117. The highest BCUT2D eigenvalue weighted by Crippen LogP contribution is 2.31. The van der Waals surface area contributed by atoms with Crippen LogP contribution < -0.4 is 0 Å². The van der Waals surface area contributed by atoms with Gasteiger partial charge in [0.1, 0.15) is 5.78 Å². The first-order chi connectivity index (χ1) is 17.2. The second-order valence-corrected chi connectivity index (χ2v) is 10.5. The molecular weight excluding hydrogens is 428 g/mol. The minimum absolute atomic E-state index is 0.0117. The van der Waals surface area contributed by atoms with Crippen molar-refractivity contribution in [2.75, 3.05) is 26.2 Å². The Hall–Kier alpha value is -2.75. The summed E-state index contributed by atoms with van der Waals surface area (Å²) in [5, 5.41) is 0. The summed E-state index contributed by atoms with van der Waals surface area (Å²) >= 11 is 0. The molecule has 0 bridgehead atoms. The van der Waals surface area contributed by atoms with Gasteiger partial charge in [-0.3, -0.25) is 14.6 Å². The van der Waals surface area contributed by atoms with E-state index in [-0.39, 0.29) is 5.92 Å². The molecule has 2 aliphatic heterocycles. The Morgan fingerprint density at radius 2 is 1.51 bits per heavy atom. The van der Waals surface area contributed by atoms with Crippen molar-refractivity contribution in [3.63, 3.8) is 0 Å². The fourth-order valence-electron chi connectivity index (χ4n) is 5.89. The Kier molecular flexibility index (Phi) is 7.75. The van der Waals surface area contributed by atoms with Crippen molar-refractivity contribution in [2.45, 2.75) is 51.6 Å². The van der Waals surface area contributed by atoms with Crippen molar-refractivity contribution in [3.8, 4) is 0 Å². The topological polar surface area (TPSA) is 23.6 Å². The molecule has 0 aliphatic carbocycles. The number of nitrogens with zero attached hydrogens (tertiary/aromatic N) is 2. The van der Waals surface area contributed by atoms with Crippen molar-refractivity contribution in [3.05, 3.63) is 107 Å². The second kappa shape index (κ2) is 11.3. The number of rotatable bonds is 7. The minimum Gasteiger partial charge on any atom is -0.299 e. The van der Waals surface area contributed by atoms with Crippen LogP contribution in [0.1, 0.15) is 53.0 Å². The largest absolute Gasteiger partial charge is 0.299 e. The van der Waals surface area contributed by atoms with Crippen molar-refractivity contribution >= 4 is 5.78 Å². The standard InChI is InChI=1S/C32H38N2O/c1-25-9-5-6-13-29(25)23-33-18-15-26(16-19-33)21-32(35)31-24-34(22-27-10-3-2-4-11-27)20-17-28-12-7-8-14-30(28)31/h2-14,26,31H,15-24H2,1H3. The van der Waals surface area contributed by atoms with Gasteiger partial charge >= 0.3 is 0 Å². The van der Waals surface area contributed by atoms with Gasteiger partial charge in [-0.15, -0.1) is 0 Å². The van der Waals surface area contributed by atoms with Gasteiger partial charge in [0, 0.05) is 32.6 Å². The highest BCUT2D eigenvalue weighted by atomic mass is 16.1. The van der Waals surface area contributed by atoms with Gasteiger partial charge in [-0.1, -0.05) is 78.9 Å². The Morgan fingerprint density at radius 1 is 0.800 bits per heavy atom. The quantitative estimate of drug-likeness (QED) is 0.426. The van der Waals surface area contributed by atoms with Crippen molar-refractivity contribution in [2.24, 2.45) is 5.92 Å². The van der Waals surface area contributed by atoms with Crippen LogP contribution in [0.3, 0.4) is 0 Å². The Morgan fingerprint density at radius 3 is 2.31 bits per heavy atom. The zero-order valence-electron chi connectivity index (χ0n) is 21.0. The van der Waals surface area contributed by atoms with Crippen molar-refractivity contribution < 1.29 is 4.79 Å². The highest BCUT2D eigenvalue weighted by Gasteiger charge is 2.31. The summed E-state index contributed by atoms with van der Waals surface area (Å²) in [4.78, 5) is 18.8. The lowest BCUT2D eigenvalue weighted by atomic mass is 9.83. The summed E-state index contributed by atoms with van der Waals surface area (Å²) in [5.74, 6) is 0.936. The Labute approximate surface area is 210 Å². The van der Waals surface area contributed by atoms with Crippen LogP contribution in [0.5, 0.6) is 0 Å². The monoisotopic (exact) mass is 466 g/mol. The van der Waals surface area contributed by atoms with Crippen LogP contribution in [-0.4, -0.2) is 41.8 Å². The van der Waals surface area contributed by atoms with Crippen LogP contribution in [0.4, 0.5) is 0 Å². The lowest BCUT2D eigenvalue weighted by molar-refractivity contribution is -0.122. The number of Topliss-reactive ketones (excluding diaryl/α,β-unsaturated/α-hetero) is 1. The maximum absolute atomic E-state index is 13.8. The van der Waals surface area contributed by atoms with Crippen LogP contribution in [-0.2, 0) is 24.3 Å². The molecule has 1 atom stereocenters. The van der Waals surface area contributed by atoms with Crippen LogP contribution in [0.15, 0.2) is 78.9 Å². The zero-order chi connectivity index (χ0) is 24.0. The molecule has 1 unspecified atom stereocenters. The van der Waals surface area contributed by atoms with E-state index in [1.807, 2.05) is 0 Å².